The highest BCUT2D eigenvalue weighted by atomic mass is 16.5. The number of benzene rings is 2. The number of amides is 1. The van der Waals surface area contributed by atoms with Crippen molar-refractivity contribution < 1.29 is 14.3 Å². The summed E-state index contributed by atoms with van der Waals surface area (Å²) in [7, 11) is 3.29. The highest BCUT2D eigenvalue weighted by Gasteiger charge is 2.23. The molecule has 0 aliphatic carbocycles. The molecular weight excluding hydrogens is 340 g/mol. The van der Waals surface area contributed by atoms with E-state index in [0.29, 0.717) is 18.7 Å². The van der Waals surface area contributed by atoms with E-state index in [2.05, 4.69) is 24.0 Å². The molecule has 0 N–H and O–H groups in total. The van der Waals surface area contributed by atoms with Crippen molar-refractivity contribution in [3.63, 3.8) is 0 Å². The summed E-state index contributed by atoms with van der Waals surface area (Å²) in [6, 6.07) is 14.3. The van der Waals surface area contributed by atoms with Gasteiger partial charge in [-0.1, -0.05) is 18.2 Å². The van der Waals surface area contributed by atoms with Crippen molar-refractivity contribution in [2.75, 3.05) is 38.8 Å². The van der Waals surface area contributed by atoms with Gasteiger partial charge in [-0.25, -0.2) is 0 Å². The predicted octanol–water partition coefficient (Wildman–Crippen LogP) is 3.51. The van der Waals surface area contributed by atoms with Crippen LogP contribution in [0, 0.1) is 0 Å². The van der Waals surface area contributed by atoms with Crippen molar-refractivity contribution in [2.45, 2.75) is 26.3 Å². The summed E-state index contributed by atoms with van der Waals surface area (Å²) in [5, 5.41) is 0. The number of para-hydroxylation sites is 1. The molecule has 0 atom stereocenters. The number of methoxy groups -OCH3 is 2. The molecule has 0 fully saturated rings. The normalized spacial score (nSPS) is 13.1. The fraction of sp³-hybridized carbons (Fsp3) is 0.409. The van der Waals surface area contributed by atoms with Crippen molar-refractivity contribution >= 4 is 11.6 Å². The molecule has 0 unspecified atom stereocenters. The van der Waals surface area contributed by atoms with Crippen LogP contribution in [0.25, 0.3) is 0 Å². The van der Waals surface area contributed by atoms with Crippen LogP contribution in [0.5, 0.6) is 11.5 Å². The molecule has 0 bridgehead atoms. The largest absolute Gasteiger partial charge is 0.493 e. The molecule has 1 aliphatic rings. The SMILES string of the molecule is CCN(CCC(=O)N1CCc2cc(OC)c(OC)cc2C1)c1ccccc1. The number of anilines is 1. The number of ether oxygens (including phenoxy) is 2. The zero-order chi connectivity index (χ0) is 19.2. The van der Waals surface area contributed by atoms with Gasteiger partial charge in [0, 0.05) is 38.3 Å². The van der Waals surface area contributed by atoms with Crippen molar-refractivity contribution in [3.05, 3.63) is 53.6 Å². The zero-order valence-electron chi connectivity index (χ0n) is 16.4. The van der Waals surface area contributed by atoms with Crippen molar-refractivity contribution in [3.8, 4) is 11.5 Å². The Balaban J connectivity index is 1.63. The van der Waals surface area contributed by atoms with Crippen LogP contribution in [-0.2, 0) is 17.8 Å². The third kappa shape index (κ3) is 4.35. The lowest BCUT2D eigenvalue weighted by molar-refractivity contribution is -0.131. The molecular formula is C22H28N2O3. The maximum absolute atomic E-state index is 12.8. The quantitative estimate of drug-likeness (QED) is 0.750. The second-order valence-electron chi connectivity index (χ2n) is 6.71. The minimum absolute atomic E-state index is 0.199. The van der Waals surface area contributed by atoms with E-state index in [1.165, 1.54) is 5.56 Å². The summed E-state index contributed by atoms with van der Waals surface area (Å²) in [4.78, 5) is 17.0. The van der Waals surface area contributed by atoms with Crippen LogP contribution in [0.1, 0.15) is 24.5 Å². The Labute approximate surface area is 161 Å². The molecule has 5 nitrogen and oxygen atoms in total. The summed E-state index contributed by atoms with van der Waals surface area (Å²) in [5.41, 5.74) is 3.53. The van der Waals surface area contributed by atoms with Gasteiger partial charge in [0.15, 0.2) is 11.5 Å². The van der Waals surface area contributed by atoms with Crippen molar-refractivity contribution in [2.24, 2.45) is 0 Å². The van der Waals surface area contributed by atoms with Crippen LogP contribution in [-0.4, -0.2) is 44.7 Å². The maximum Gasteiger partial charge on any atom is 0.224 e. The van der Waals surface area contributed by atoms with Gasteiger partial charge in [0.1, 0.15) is 0 Å². The standard InChI is InChI=1S/C22H28N2O3/c1-4-23(19-8-6-5-7-9-19)13-11-22(25)24-12-10-17-14-20(26-2)21(27-3)15-18(17)16-24/h5-9,14-15H,4,10-13,16H2,1-3H3. The van der Waals surface area contributed by atoms with Crippen LogP contribution in [0.2, 0.25) is 0 Å². The first-order valence-electron chi connectivity index (χ1n) is 9.47. The van der Waals surface area contributed by atoms with Crippen molar-refractivity contribution in [1.29, 1.82) is 0 Å². The molecule has 0 radical (unpaired) electrons. The van der Waals surface area contributed by atoms with Crippen LogP contribution in [0.15, 0.2) is 42.5 Å². The van der Waals surface area contributed by atoms with Gasteiger partial charge in [0.25, 0.3) is 0 Å². The third-order valence-electron chi connectivity index (χ3n) is 5.17. The lowest BCUT2D eigenvalue weighted by Gasteiger charge is -2.31. The minimum atomic E-state index is 0.199. The van der Waals surface area contributed by atoms with Gasteiger partial charge in [-0.2, -0.15) is 0 Å². The van der Waals surface area contributed by atoms with Gasteiger partial charge in [0.2, 0.25) is 5.91 Å². The first kappa shape index (κ1) is 19.1. The summed E-state index contributed by atoms with van der Waals surface area (Å²) in [6.45, 7) is 5.12. The van der Waals surface area contributed by atoms with Crippen LogP contribution < -0.4 is 14.4 Å². The summed E-state index contributed by atoms with van der Waals surface area (Å²) < 4.78 is 10.8. The van der Waals surface area contributed by atoms with E-state index < -0.39 is 0 Å². The number of nitrogens with zero attached hydrogens (tertiary/aromatic N) is 2. The number of fused-ring (bicyclic) bond motifs is 1. The zero-order valence-corrected chi connectivity index (χ0v) is 16.4. The fourth-order valence-corrected chi connectivity index (χ4v) is 3.59. The lowest BCUT2D eigenvalue weighted by Crippen LogP contribution is -2.38. The predicted molar refractivity (Wildman–Crippen MR) is 108 cm³/mol. The minimum Gasteiger partial charge on any atom is -0.493 e. The van der Waals surface area contributed by atoms with E-state index in [-0.39, 0.29) is 5.91 Å². The lowest BCUT2D eigenvalue weighted by atomic mass is 9.98. The van der Waals surface area contributed by atoms with Gasteiger partial charge in [-0.3, -0.25) is 4.79 Å². The molecule has 2 aromatic rings. The average Bonchev–Trinajstić information content (AvgIpc) is 2.73. The van der Waals surface area contributed by atoms with Crippen molar-refractivity contribution in [1.82, 2.24) is 4.90 Å². The van der Waals surface area contributed by atoms with Gasteiger partial charge >= 0.3 is 0 Å². The molecule has 0 saturated heterocycles. The Kier molecular flexibility index (Phi) is 6.22. The molecule has 5 heteroatoms. The molecule has 27 heavy (non-hydrogen) atoms. The molecule has 0 saturated carbocycles. The highest BCUT2D eigenvalue weighted by molar-refractivity contribution is 5.77. The Hall–Kier alpha value is -2.69. The first-order chi connectivity index (χ1) is 13.2. The van der Waals surface area contributed by atoms with E-state index in [1.54, 1.807) is 14.2 Å². The topological polar surface area (TPSA) is 42.0 Å². The summed E-state index contributed by atoms with van der Waals surface area (Å²) in [6.07, 6.45) is 1.36. The van der Waals surface area contributed by atoms with E-state index in [4.69, 9.17) is 9.47 Å². The van der Waals surface area contributed by atoms with E-state index >= 15 is 0 Å². The number of hydrogen-bond acceptors (Lipinski definition) is 4. The monoisotopic (exact) mass is 368 g/mol. The second kappa shape index (κ2) is 8.80. The van der Waals surface area contributed by atoms with E-state index in [1.807, 2.05) is 35.2 Å². The maximum atomic E-state index is 12.8. The Morgan fingerprint density at radius 2 is 1.74 bits per heavy atom. The fourth-order valence-electron chi connectivity index (χ4n) is 3.59. The molecule has 1 heterocycles. The Morgan fingerprint density at radius 1 is 1.07 bits per heavy atom. The van der Waals surface area contributed by atoms with Gasteiger partial charge in [0.05, 0.1) is 14.2 Å². The van der Waals surface area contributed by atoms with Gasteiger partial charge in [-0.15, -0.1) is 0 Å². The Morgan fingerprint density at radius 3 is 2.37 bits per heavy atom. The van der Waals surface area contributed by atoms with Crippen LogP contribution >= 0.6 is 0 Å². The Bertz CT molecular complexity index is 777. The van der Waals surface area contributed by atoms with Crippen LogP contribution in [0.4, 0.5) is 5.69 Å². The number of hydrogen-bond donors (Lipinski definition) is 0. The molecule has 3 rings (SSSR count). The molecule has 144 valence electrons. The van der Waals surface area contributed by atoms with Gasteiger partial charge in [-0.05, 0) is 48.7 Å². The van der Waals surface area contributed by atoms with E-state index in [0.717, 1.165) is 43.1 Å². The molecule has 2 aromatic carbocycles. The average molecular weight is 368 g/mol. The molecule has 1 amide bonds. The number of rotatable bonds is 7. The molecule has 0 aromatic heterocycles. The number of carbonyl (C=O) groups is 1. The molecule has 0 spiro atoms. The smallest absolute Gasteiger partial charge is 0.224 e. The summed E-state index contributed by atoms with van der Waals surface area (Å²) >= 11 is 0. The third-order valence-corrected chi connectivity index (χ3v) is 5.17. The van der Waals surface area contributed by atoms with E-state index in [9.17, 15) is 4.79 Å². The van der Waals surface area contributed by atoms with Crippen LogP contribution in [0.3, 0.4) is 0 Å². The highest BCUT2D eigenvalue weighted by Crippen LogP contribution is 2.33. The van der Waals surface area contributed by atoms with Gasteiger partial charge < -0.3 is 19.3 Å². The second-order valence-corrected chi connectivity index (χ2v) is 6.71. The molecule has 1 aliphatic heterocycles. The first-order valence-corrected chi connectivity index (χ1v) is 9.47. The summed E-state index contributed by atoms with van der Waals surface area (Å²) in [5.74, 6) is 1.66. The number of carbonyl (C=O) groups excluding carboxylic acids is 1.